The molecule has 160 valence electrons. The molecule has 2 aromatic rings. The van der Waals surface area contributed by atoms with Crippen molar-refractivity contribution in [1.29, 1.82) is 0 Å². The molecule has 1 N–H and O–H groups in total. The summed E-state index contributed by atoms with van der Waals surface area (Å²) in [5.41, 5.74) is 2.46. The number of nitro groups is 1. The van der Waals surface area contributed by atoms with Crippen molar-refractivity contribution in [2.75, 3.05) is 27.8 Å². The van der Waals surface area contributed by atoms with Crippen LogP contribution < -0.4 is 14.9 Å². The zero-order valence-electron chi connectivity index (χ0n) is 16.4. The first-order chi connectivity index (χ1) is 14.2. The van der Waals surface area contributed by atoms with E-state index in [4.69, 9.17) is 9.47 Å². The molecular weight excluding hydrogens is 416 g/mol. The number of likely N-dealkylation sites (N-methyl/N-ethyl adjacent to an activating group) is 1. The van der Waals surface area contributed by atoms with E-state index in [-0.39, 0.29) is 16.3 Å². The van der Waals surface area contributed by atoms with Gasteiger partial charge < -0.3 is 9.47 Å². The van der Waals surface area contributed by atoms with Gasteiger partial charge in [0, 0.05) is 30.8 Å². The zero-order chi connectivity index (χ0) is 22.3. The molecular formula is C18H20N4O7S. The number of benzene rings is 2. The summed E-state index contributed by atoms with van der Waals surface area (Å²) in [6.07, 6.45) is 1.21. The van der Waals surface area contributed by atoms with Gasteiger partial charge in [0.2, 0.25) is 10.0 Å². The van der Waals surface area contributed by atoms with Crippen LogP contribution in [0.25, 0.3) is 0 Å². The predicted molar refractivity (Wildman–Crippen MR) is 108 cm³/mol. The maximum atomic E-state index is 12.8. The second-order valence-corrected chi connectivity index (χ2v) is 7.94. The van der Waals surface area contributed by atoms with Gasteiger partial charge in [-0.2, -0.15) is 9.41 Å². The lowest BCUT2D eigenvalue weighted by molar-refractivity contribution is -0.384. The highest BCUT2D eigenvalue weighted by atomic mass is 32.2. The number of hydrogen-bond donors (Lipinski definition) is 1. The first kappa shape index (κ1) is 22.8. The van der Waals surface area contributed by atoms with Crippen LogP contribution in [0.1, 0.15) is 5.56 Å². The highest BCUT2D eigenvalue weighted by Gasteiger charge is 2.27. The molecule has 11 nitrogen and oxygen atoms in total. The van der Waals surface area contributed by atoms with Gasteiger partial charge in [0.05, 0.1) is 31.9 Å². The minimum Gasteiger partial charge on any atom is -0.497 e. The highest BCUT2D eigenvalue weighted by molar-refractivity contribution is 7.89. The van der Waals surface area contributed by atoms with Crippen LogP contribution in [0.5, 0.6) is 11.5 Å². The van der Waals surface area contributed by atoms with E-state index < -0.39 is 27.4 Å². The number of methoxy groups -OCH3 is 2. The minimum absolute atomic E-state index is 0.103. The molecule has 0 aliphatic rings. The number of nitrogens with zero attached hydrogens (tertiary/aromatic N) is 3. The van der Waals surface area contributed by atoms with Gasteiger partial charge in [0.15, 0.2) is 0 Å². The van der Waals surface area contributed by atoms with Gasteiger partial charge in [0.1, 0.15) is 16.4 Å². The van der Waals surface area contributed by atoms with Crippen LogP contribution in [0.3, 0.4) is 0 Å². The Kier molecular flexibility index (Phi) is 7.44. The van der Waals surface area contributed by atoms with E-state index in [9.17, 15) is 23.3 Å². The van der Waals surface area contributed by atoms with Gasteiger partial charge in [-0.25, -0.2) is 13.8 Å². The van der Waals surface area contributed by atoms with Gasteiger partial charge in [-0.05, 0) is 12.1 Å². The molecule has 0 saturated heterocycles. The summed E-state index contributed by atoms with van der Waals surface area (Å²) in [5.74, 6) is -0.287. The Morgan fingerprint density at radius 1 is 1.23 bits per heavy atom. The summed E-state index contributed by atoms with van der Waals surface area (Å²) in [5, 5.41) is 14.5. The van der Waals surface area contributed by atoms with E-state index in [0.717, 1.165) is 4.31 Å². The Labute approximate surface area is 173 Å². The van der Waals surface area contributed by atoms with Crippen molar-refractivity contribution in [3.8, 4) is 11.5 Å². The van der Waals surface area contributed by atoms with E-state index in [1.807, 2.05) is 0 Å². The lowest BCUT2D eigenvalue weighted by Crippen LogP contribution is -2.36. The summed E-state index contributed by atoms with van der Waals surface area (Å²) in [6.45, 7) is -0.519. The number of hydrogen-bond acceptors (Lipinski definition) is 8. The topological polar surface area (TPSA) is 140 Å². The monoisotopic (exact) mass is 436 g/mol. The molecule has 2 aromatic carbocycles. The molecule has 0 heterocycles. The first-order valence-electron chi connectivity index (χ1n) is 8.43. The molecule has 0 radical (unpaired) electrons. The Morgan fingerprint density at radius 3 is 2.60 bits per heavy atom. The average Bonchev–Trinajstić information content (AvgIpc) is 2.73. The first-order valence-corrected chi connectivity index (χ1v) is 9.87. The van der Waals surface area contributed by atoms with E-state index in [1.165, 1.54) is 57.8 Å². The molecule has 12 heteroatoms. The van der Waals surface area contributed by atoms with E-state index >= 15 is 0 Å². The van der Waals surface area contributed by atoms with Crippen LogP contribution in [0.15, 0.2) is 52.5 Å². The number of amides is 1. The zero-order valence-corrected chi connectivity index (χ0v) is 17.3. The minimum atomic E-state index is -4.06. The number of ether oxygens (including phenoxy) is 2. The second kappa shape index (κ2) is 9.80. The number of hydrazone groups is 1. The normalized spacial score (nSPS) is 11.5. The molecule has 0 atom stereocenters. The molecule has 0 aliphatic heterocycles. The summed E-state index contributed by atoms with van der Waals surface area (Å²) >= 11 is 0. The van der Waals surface area contributed by atoms with Crippen LogP contribution >= 0.6 is 0 Å². The van der Waals surface area contributed by atoms with Crippen molar-refractivity contribution < 1.29 is 27.6 Å². The van der Waals surface area contributed by atoms with E-state index in [2.05, 4.69) is 10.5 Å². The van der Waals surface area contributed by atoms with Crippen molar-refractivity contribution in [3.05, 3.63) is 58.1 Å². The molecule has 0 unspecified atom stereocenters. The van der Waals surface area contributed by atoms with Crippen molar-refractivity contribution in [2.45, 2.75) is 4.90 Å². The maximum Gasteiger partial charge on any atom is 0.270 e. The smallest absolute Gasteiger partial charge is 0.270 e. The number of non-ortho nitro benzene ring substituents is 1. The van der Waals surface area contributed by atoms with E-state index in [1.54, 1.807) is 12.1 Å². The fraction of sp³-hybridized carbons (Fsp3) is 0.222. The number of carbonyl (C=O) groups is 1. The van der Waals surface area contributed by atoms with Gasteiger partial charge in [0.25, 0.3) is 11.6 Å². The fourth-order valence-corrected chi connectivity index (χ4v) is 3.67. The van der Waals surface area contributed by atoms with Crippen LogP contribution in [0.4, 0.5) is 5.69 Å². The van der Waals surface area contributed by atoms with Crippen LogP contribution in [0.2, 0.25) is 0 Å². The summed E-state index contributed by atoms with van der Waals surface area (Å²) in [4.78, 5) is 22.1. The van der Waals surface area contributed by atoms with Crippen LogP contribution in [0, 0.1) is 10.1 Å². The van der Waals surface area contributed by atoms with Crippen molar-refractivity contribution in [1.82, 2.24) is 9.73 Å². The molecule has 0 aliphatic carbocycles. The Balaban J connectivity index is 2.08. The number of rotatable bonds is 9. The Morgan fingerprint density at radius 2 is 1.97 bits per heavy atom. The van der Waals surface area contributed by atoms with Crippen LogP contribution in [-0.4, -0.2) is 57.6 Å². The van der Waals surface area contributed by atoms with Crippen molar-refractivity contribution in [2.24, 2.45) is 5.10 Å². The lowest BCUT2D eigenvalue weighted by atomic mass is 10.2. The molecule has 1 amide bonds. The van der Waals surface area contributed by atoms with Gasteiger partial charge >= 0.3 is 0 Å². The third kappa shape index (κ3) is 5.52. The van der Waals surface area contributed by atoms with Gasteiger partial charge in [-0.3, -0.25) is 14.9 Å². The average molecular weight is 436 g/mol. The molecule has 30 heavy (non-hydrogen) atoms. The van der Waals surface area contributed by atoms with Crippen molar-refractivity contribution in [3.63, 3.8) is 0 Å². The van der Waals surface area contributed by atoms with Gasteiger partial charge in [-0.1, -0.05) is 12.1 Å². The molecule has 2 rings (SSSR count). The maximum absolute atomic E-state index is 12.8. The third-order valence-corrected chi connectivity index (χ3v) is 5.73. The molecule has 0 fully saturated rings. The third-order valence-electron chi connectivity index (χ3n) is 3.91. The number of carbonyl (C=O) groups excluding carboxylic acids is 1. The van der Waals surface area contributed by atoms with Crippen molar-refractivity contribution >= 4 is 27.8 Å². The second-order valence-electron chi connectivity index (χ2n) is 5.92. The number of nitro benzene ring substituents is 1. The quantitative estimate of drug-likeness (QED) is 0.356. The summed E-state index contributed by atoms with van der Waals surface area (Å²) in [6, 6.07) is 9.93. The highest BCUT2D eigenvalue weighted by Crippen LogP contribution is 2.30. The molecule has 0 aromatic heterocycles. The molecule has 0 spiro atoms. The molecule has 0 saturated carbocycles. The summed E-state index contributed by atoms with van der Waals surface area (Å²) < 4.78 is 36.6. The number of nitrogens with one attached hydrogen (secondary N) is 1. The lowest BCUT2D eigenvalue weighted by Gasteiger charge is -2.18. The van der Waals surface area contributed by atoms with Gasteiger partial charge in [-0.15, -0.1) is 0 Å². The van der Waals surface area contributed by atoms with Crippen LogP contribution in [-0.2, 0) is 14.8 Å². The molecule has 0 bridgehead atoms. The standard InChI is InChI=1S/C18H20N4O7S/c1-21(30(26,27)17-10-15(28-2)7-8-16(17)29-3)12-18(23)20-19-11-13-5-4-6-14(9-13)22(24)25/h4-11H,12H2,1-3H3,(H,20,23)/b19-11+. The summed E-state index contributed by atoms with van der Waals surface area (Å²) in [7, 11) is -0.0998. The van der Waals surface area contributed by atoms with E-state index in [0.29, 0.717) is 11.3 Å². The Hall–Kier alpha value is -3.51. The SMILES string of the molecule is COc1ccc(OC)c(S(=O)(=O)N(C)CC(=O)N/N=C/c2cccc([N+](=O)[O-])c2)c1. The fourth-order valence-electron chi connectivity index (χ4n) is 2.37. The Bertz CT molecular complexity index is 1070. The largest absolute Gasteiger partial charge is 0.497 e. The number of sulfonamides is 1. The predicted octanol–water partition coefficient (Wildman–Crippen LogP) is 1.38.